The first-order valence-corrected chi connectivity index (χ1v) is 8.07. The Morgan fingerprint density at radius 2 is 1.54 bits per heavy atom. The lowest BCUT2D eigenvalue weighted by Gasteiger charge is -2.11. The number of rotatable bonds is 7. The van der Waals surface area contributed by atoms with Gasteiger partial charge in [0.15, 0.2) is 0 Å². The molecular formula is C19H22N2O3. The van der Waals surface area contributed by atoms with Crippen LogP contribution in [0.3, 0.4) is 0 Å². The molecule has 2 N–H and O–H groups in total. The van der Waals surface area contributed by atoms with Crippen molar-refractivity contribution in [2.45, 2.75) is 20.3 Å². The summed E-state index contributed by atoms with van der Waals surface area (Å²) in [5.41, 5.74) is 1.64. The monoisotopic (exact) mass is 326 g/mol. The molecule has 0 aliphatic rings. The molecule has 0 aliphatic carbocycles. The van der Waals surface area contributed by atoms with Crippen molar-refractivity contribution in [2.24, 2.45) is 0 Å². The summed E-state index contributed by atoms with van der Waals surface area (Å²) in [6.45, 7) is 5.04. The predicted octanol–water partition coefficient (Wildman–Crippen LogP) is 3.48. The van der Waals surface area contributed by atoms with E-state index >= 15 is 0 Å². The Bertz CT molecular complexity index is 696. The van der Waals surface area contributed by atoms with Crippen molar-refractivity contribution in [3.05, 3.63) is 59.7 Å². The molecule has 0 atom stereocenters. The first-order valence-electron chi connectivity index (χ1n) is 8.07. The van der Waals surface area contributed by atoms with Crippen molar-refractivity contribution >= 4 is 17.5 Å². The molecule has 0 bridgehead atoms. The van der Waals surface area contributed by atoms with E-state index < -0.39 is 0 Å². The molecule has 2 rings (SSSR count). The fourth-order valence-electron chi connectivity index (χ4n) is 2.16. The molecule has 0 aliphatic heterocycles. The second-order valence-corrected chi connectivity index (χ2v) is 5.22. The van der Waals surface area contributed by atoms with Crippen molar-refractivity contribution < 1.29 is 14.3 Å². The second-order valence-electron chi connectivity index (χ2n) is 5.22. The molecule has 0 heterocycles. The first-order chi connectivity index (χ1) is 11.7. The summed E-state index contributed by atoms with van der Waals surface area (Å²) in [5.74, 6) is 0.247. The number of benzene rings is 2. The van der Waals surface area contributed by atoms with Gasteiger partial charge in [0.2, 0.25) is 0 Å². The zero-order valence-electron chi connectivity index (χ0n) is 14.0. The van der Waals surface area contributed by atoms with Crippen LogP contribution in [0.4, 0.5) is 5.69 Å². The molecule has 24 heavy (non-hydrogen) atoms. The lowest BCUT2D eigenvalue weighted by molar-refractivity contribution is 0.0951. The van der Waals surface area contributed by atoms with Crippen molar-refractivity contribution in [1.29, 1.82) is 0 Å². The smallest absolute Gasteiger partial charge is 0.255 e. The van der Waals surface area contributed by atoms with Crippen LogP contribution in [0.25, 0.3) is 0 Å². The van der Waals surface area contributed by atoms with Gasteiger partial charge in [-0.2, -0.15) is 0 Å². The van der Waals surface area contributed by atoms with Crippen molar-refractivity contribution in [3.63, 3.8) is 0 Å². The highest BCUT2D eigenvalue weighted by molar-refractivity contribution is 6.05. The van der Waals surface area contributed by atoms with E-state index in [0.717, 1.165) is 6.42 Å². The van der Waals surface area contributed by atoms with E-state index in [-0.39, 0.29) is 11.8 Å². The molecule has 2 aromatic carbocycles. The molecule has 126 valence electrons. The van der Waals surface area contributed by atoms with Gasteiger partial charge in [0.1, 0.15) is 5.75 Å². The van der Waals surface area contributed by atoms with Gasteiger partial charge in [-0.1, -0.05) is 19.1 Å². The number of hydrogen-bond acceptors (Lipinski definition) is 3. The van der Waals surface area contributed by atoms with Crippen molar-refractivity contribution in [3.8, 4) is 5.75 Å². The van der Waals surface area contributed by atoms with Crippen molar-refractivity contribution in [1.82, 2.24) is 5.32 Å². The van der Waals surface area contributed by atoms with E-state index in [9.17, 15) is 9.59 Å². The summed E-state index contributed by atoms with van der Waals surface area (Å²) in [4.78, 5) is 24.2. The fraction of sp³-hybridized carbons (Fsp3) is 0.263. The summed E-state index contributed by atoms with van der Waals surface area (Å²) in [6.07, 6.45) is 0.880. The number of nitrogens with one attached hydrogen (secondary N) is 2. The third-order valence-corrected chi connectivity index (χ3v) is 3.38. The molecular weight excluding hydrogens is 304 g/mol. The van der Waals surface area contributed by atoms with Crippen LogP contribution < -0.4 is 15.4 Å². The maximum Gasteiger partial charge on any atom is 0.255 e. The Labute approximate surface area is 142 Å². The van der Waals surface area contributed by atoms with Gasteiger partial charge in [0, 0.05) is 17.7 Å². The molecule has 0 aromatic heterocycles. The summed E-state index contributed by atoms with van der Waals surface area (Å²) in [5, 5.41) is 5.63. The molecule has 5 heteroatoms. The minimum absolute atomic E-state index is 0.134. The Balaban J connectivity index is 2.07. The van der Waals surface area contributed by atoms with Gasteiger partial charge in [-0.25, -0.2) is 0 Å². The average Bonchev–Trinajstić information content (AvgIpc) is 2.61. The van der Waals surface area contributed by atoms with Crippen LogP contribution in [0.2, 0.25) is 0 Å². The van der Waals surface area contributed by atoms with Crippen LogP contribution in [-0.4, -0.2) is 25.0 Å². The van der Waals surface area contributed by atoms with Gasteiger partial charge in [0.05, 0.1) is 12.3 Å². The van der Waals surface area contributed by atoms with Crippen molar-refractivity contribution in [2.75, 3.05) is 18.5 Å². The van der Waals surface area contributed by atoms with Gasteiger partial charge < -0.3 is 15.4 Å². The van der Waals surface area contributed by atoms with Gasteiger partial charge in [-0.3, -0.25) is 9.59 Å². The summed E-state index contributed by atoms with van der Waals surface area (Å²) in [6, 6.07) is 13.8. The molecule has 0 fully saturated rings. The molecule has 2 aromatic rings. The van der Waals surface area contributed by atoms with Gasteiger partial charge in [-0.05, 0) is 49.7 Å². The van der Waals surface area contributed by atoms with E-state index in [1.165, 1.54) is 0 Å². The van der Waals surface area contributed by atoms with Crippen LogP contribution in [0.15, 0.2) is 48.5 Å². The zero-order chi connectivity index (χ0) is 17.4. The van der Waals surface area contributed by atoms with E-state index in [1.54, 1.807) is 36.4 Å². The zero-order valence-corrected chi connectivity index (χ0v) is 14.0. The van der Waals surface area contributed by atoms with E-state index in [2.05, 4.69) is 10.6 Å². The minimum atomic E-state index is -0.248. The maximum atomic E-state index is 12.4. The highest BCUT2D eigenvalue weighted by atomic mass is 16.5. The SMILES string of the molecule is CCCNC(=O)c1ccc(C(=O)Nc2ccccc2OCC)cc1. The molecule has 0 unspecified atom stereocenters. The van der Waals surface area contributed by atoms with Crippen LogP contribution in [0, 0.1) is 0 Å². The van der Waals surface area contributed by atoms with Gasteiger partial charge >= 0.3 is 0 Å². The second kappa shape index (κ2) is 8.72. The van der Waals surface area contributed by atoms with Gasteiger partial charge in [0.25, 0.3) is 11.8 Å². The number of amides is 2. The Hall–Kier alpha value is -2.82. The topological polar surface area (TPSA) is 67.4 Å². The number of ether oxygens (including phenoxy) is 1. The highest BCUT2D eigenvalue weighted by Gasteiger charge is 2.11. The molecule has 0 saturated carbocycles. The Morgan fingerprint density at radius 3 is 2.17 bits per heavy atom. The number of hydrogen-bond donors (Lipinski definition) is 2. The third kappa shape index (κ3) is 4.59. The summed E-state index contributed by atoms with van der Waals surface area (Å²) >= 11 is 0. The lowest BCUT2D eigenvalue weighted by atomic mass is 10.1. The first kappa shape index (κ1) is 17.5. The normalized spacial score (nSPS) is 10.1. The standard InChI is InChI=1S/C19H22N2O3/c1-3-13-20-18(22)14-9-11-15(12-10-14)19(23)21-16-7-5-6-8-17(16)24-4-2/h5-12H,3-4,13H2,1-2H3,(H,20,22)(H,21,23). The number of para-hydroxylation sites is 2. The minimum Gasteiger partial charge on any atom is -0.492 e. The van der Waals surface area contributed by atoms with Crippen LogP contribution in [0.1, 0.15) is 41.0 Å². The molecule has 0 spiro atoms. The van der Waals surface area contributed by atoms with Crippen LogP contribution in [-0.2, 0) is 0 Å². The number of anilines is 1. The largest absolute Gasteiger partial charge is 0.492 e. The quantitative estimate of drug-likeness (QED) is 0.818. The summed E-state index contributed by atoms with van der Waals surface area (Å²) < 4.78 is 5.49. The summed E-state index contributed by atoms with van der Waals surface area (Å²) in [7, 11) is 0. The van der Waals surface area contributed by atoms with Crippen LogP contribution in [0.5, 0.6) is 5.75 Å². The van der Waals surface area contributed by atoms with Crippen LogP contribution >= 0.6 is 0 Å². The molecule has 0 radical (unpaired) electrons. The molecule has 0 saturated heterocycles. The third-order valence-electron chi connectivity index (χ3n) is 3.38. The van der Waals surface area contributed by atoms with E-state index in [4.69, 9.17) is 4.74 Å². The average molecular weight is 326 g/mol. The Kier molecular flexibility index (Phi) is 6.37. The molecule has 2 amide bonds. The lowest BCUT2D eigenvalue weighted by Crippen LogP contribution is -2.24. The highest BCUT2D eigenvalue weighted by Crippen LogP contribution is 2.24. The number of carbonyl (C=O) groups excluding carboxylic acids is 2. The predicted molar refractivity (Wildman–Crippen MR) is 94.6 cm³/mol. The number of carbonyl (C=O) groups is 2. The Morgan fingerprint density at radius 1 is 0.917 bits per heavy atom. The van der Waals surface area contributed by atoms with E-state index in [1.807, 2.05) is 26.0 Å². The maximum absolute atomic E-state index is 12.4. The van der Waals surface area contributed by atoms with E-state index in [0.29, 0.717) is 35.7 Å². The fourth-order valence-corrected chi connectivity index (χ4v) is 2.16. The van der Waals surface area contributed by atoms with Gasteiger partial charge in [-0.15, -0.1) is 0 Å². The molecule has 5 nitrogen and oxygen atoms in total.